The molecule has 0 atom stereocenters. The number of benzene rings is 1. The normalized spacial score (nSPS) is 10.6. The number of aliphatic hydroxyl groups is 1. The number of rotatable bonds is 4. The number of hydrogen-bond acceptors (Lipinski definition) is 4. The van der Waals surface area contributed by atoms with Gasteiger partial charge in [-0.1, -0.05) is 18.2 Å². The predicted octanol–water partition coefficient (Wildman–Crippen LogP) is 2.73. The van der Waals surface area contributed by atoms with Crippen LogP contribution in [0, 0.1) is 0 Å². The van der Waals surface area contributed by atoms with Crippen molar-refractivity contribution in [2.45, 2.75) is 13.3 Å². The van der Waals surface area contributed by atoms with E-state index in [9.17, 15) is 4.79 Å². The fourth-order valence-electron chi connectivity index (χ4n) is 1.94. The molecule has 0 saturated carbocycles. The zero-order valence-electron chi connectivity index (χ0n) is 10.1. The molecule has 0 unspecified atom stereocenters. The number of para-hydroxylation sites is 1. The molecule has 0 saturated heterocycles. The molecule has 0 fully saturated rings. The third-order valence-electron chi connectivity index (χ3n) is 2.87. The van der Waals surface area contributed by atoms with E-state index in [4.69, 9.17) is 10.8 Å². The monoisotopic (exact) mass is 261 g/mol. The largest absolute Gasteiger partial charge is 0.398 e. The molecular weight excluding hydrogens is 246 g/mol. The van der Waals surface area contributed by atoms with Crippen molar-refractivity contribution in [2.24, 2.45) is 0 Å². The maximum Gasteiger partial charge on any atom is 0.161 e. The molecule has 0 amide bonds. The molecule has 0 bridgehead atoms. The lowest BCUT2D eigenvalue weighted by Crippen LogP contribution is -2.00. The molecule has 18 heavy (non-hydrogen) atoms. The average molecular weight is 261 g/mol. The van der Waals surface area contributed by atoms with Crippen molar-refractivity contribution < 1.29 is 9.90 Å². The molecule has 2 aromatic rings. The zero-order valence-corrected chi connectivity index (χ0v) is 11.0. The van der Waals surface area contributed by atoms with Crippen molar-refractivity contribution in [1.82, 2.24) is 0 Å². The van der Waals surface area contributed by atoms with Crippen molar-refractivity contribution in [1.29, 1.82) is 0 Å². The number of Topliss-reactive ketones (excluding diaryl/α,β-unsaturated/α-hetero) is 1. The van der Waals surface area contributed by atoms with Crippen LogP contribution < -0.4 is 5.73 Å². The Morgan fingerprint density at radius 1 is 1.39 bits per heavy atom. The molecular formula is C14H15NO2S. The molecule has 94 valence electrons. The summed E-state index contributed by atoms with van der Waals surface area (Å²) in [6.07, 6.45) is 0.528. The van der Waals surface area contributed by atoms with Crippen molar-refractivity contribution >= 4 is 22.8 Å². The second kappa shape index (κ2) is 5.33. The highest BCUT2D eigenvalue weighted by molar-refractivity contribution is 7.14. The van der Waals surface area contributed by atoms with E-state index >= 15 is 0 Å². The Bertz CT molecular complexity index is 575. The van der Waals surface area contributed by atoms with Crippen LogP contribution in [-0.4, -0.2) is 17.5 Å². The van der Waals surface area contributed by atoms with Gasteiger partial charge < -0.3 is 10.8 Å². The van der Waals surface area contributed by atoms with E-state index in [2.05, 4.69) is 0 Å². The molecule has 2 rings (SSSR count). The maximum atomic E-state index is 11.5. The number of nitrogens with two attached hydrogens (primary N) is 1. The van der Waals surface area contributed by atoms with E-state index < -0.39 is 0 Å². The van der Waals surface area contributed by atoms with Crippen molar-refractivity contribution in [3.05, 3.63) is 40.8 Å². The third kappa shape index (κ3) is 2.30. The highest BCUT2D eigenvalue weighted by atomic mass is 32.1. The standard InChI is InChI=1S/C14H15NO2S/c1-9(17)11-6-8-18-14(11)12-4-2-3-10(5-7-16)13(12)15/h2-4,6,8,16H,5,7,15H2,1H3. The van der Waals surface area contributed by atoms with Crippen molar-refractivity contribution in [3.63, 3.8) is 0 Å². The van der Waals surface area contributed by atoms with Crippen LogP contribution >= 0.6 is 11.3 Å². The summed E-state index contributed by atoms with van der Waals surface area (Å²) in [6.45, 7) is 1.62. The fraction of sp³-hybridized carbons (Fsp3) is 0.214. The van der Waals surface area contributed by atoms with Gasteiger partial charge in [-0.05, 0) is 30.4 Å². The zero-order chi connectivity index (χ0) is 13.1. The van der Waals surface area contributed by atoms with Gasteiger partial charge in [0.25, 0.3) is 0 Å². The number of anilines is 1. The number of thiophene rings is 1. The van der Waals surface area contributed by atoms with Crippen molar-refractivity contribution in [2.75, 3.05) is 12.3 Å². The highest BCUT2D eigenvalue weighted by Gasteiger charge is 2.14. The van der Waals surface area contributed by atoms with Gasteiger partial charge in [-0.25, -0.2) is 0 Å². The first-order chi connectivity index (χ1) is 8.65. The fourth-order valence-corrected chi connectivity index (χ4v) is 2.93. The minimum absolute atomic E-state index is 0.0400. The van der Waals surface area contributed by atoms with Crippen LogP contribution in [0.25, 0.3) is 10.4 Å². The molecule has 0 spiro atoms. The predicted molar refractivity (Wildman–Crippen MR) is 75.0 cm³/mol. The van der Waals surface area contributed by atoms with Gasteiger partial charge in [0.1, 0.15) is 0 Å². The van der Waals surface area contributed by atoms with Crippen LogP contribution in [0.15, 0.2) is 29.6 Å². The Morgan fingerprint density at radius 3 is 2.83 bits per heavy atom. The minimum atomic E-state index is 0.0400. The first kappa shape index (κ1) is 12.8. The van der Waals surface area contributed by atoms with Gasteiger partial charge in [-0.3, -0.25) is 4.79 Å². The van der Waals surface area contributed by atoms with Gasteiger partial charge in [0, 0.05) is 28.3 Å². The van der Waals surface area contributed by atoms with Gasteiger partial charge in [-0.15, -0.1) is 11.3 Å². The molecule has 1 heterocycles. The Hall–Kier alpha value is -1.65. The molecule has 1 aromatic heterocycles. The quantitative estimate of drug-likeness (QED) is 0.657. The van der Waals surface area contributed by atoms with Gasteiger partial charge in [0.2, 0.25) is 0 Å². The van der Waals surface area contributed by atoms with E-state index in [1.165, 1.54) is 11.3 Å². The van der Waals surface area contributed by atoms with Crippen LogP contribution in [0.2, 0.25) is 0 Å². The number of aliphatic hydroxyl groups excluding tert-OH is 1. The van der Waals surface area contributed by atoms with Crippen LogP contribution in [0.4, 0.5) is 5.69 Å². The maximum absolute atomic E-state index is 11.5. The molecule has 1 aromatic carbocycles. The number of nitrogen functional groups attached to an aromatic ring is 1. The lowest BCUT2D eigenvalue weighted by Gasteiger charge is -2.10. The number of carbonyl (C=O) groups excluding carboxylic acids is 1. The first-order valence-electron chi connectivity index (χ1n) is 5.72. The average Bonchev–Trinajstić information content (AvgIpc) is 2.81. The number of hydrogen-bond donors (Lipinski definition) is 2. The van der Waals surface area contributed by atoms with Crippen molar-refractivity contribution in [3.8, 4) is 10.4 Å². The Balaban J connectivity index is 2.54. The number of carbonyl (C=O) groups is 1. The summed E-state index contributed by atoms with van der Waals surface area (Å²) in [5.74, 6) is 0.0400. The third-order valence-corrected chi connectivity index (χ3v) is 3.81. The second-order valence-electron chi connectivity index (χ2n) is 4.07. The minimum Gasteiger partial charge on any atom is -0.398 e. The summed E-state index contributed by atoms with van der Waals surface area (Å²) >= 11 is 1.51. The summed E-state index contributed by atoms with van der Waals surface area (Å²) in [4.78, 5) is 12.5. The van der Waals surface area contributed by atoms with E-state index in [-0.39, 0.29) is 12.4 Å². The summed E-state index contributed by atoms with van der Waals surface area (Å²) in [5, 5.41) is 10.9. The lowest BCUT2D eigenvalue weighted by molar-refractivity contribution is 0.101. The summed E-state index contributed by atoms with van der Waals surface area (Å²) in [7, 11) is 0. The summed E-state index contributed by atoms with van der Waals surface area (Å²) in [5.41, 5.74) is 9.26. The van der Waals surface area contributed by atoms with Crippen LogP contribution in [0.3, 0.4) is 0 Å². The second-order valence-corrected chi connectivity index (χ2v) is 4.99. The molecule has 0 aliphatic rings. The van der Waals surface area contributed by atoms with Gasteiger partial charge in [0.15, 0.2) is 5.78 Å². The van der Waals surface area contributed by atoms with Crippen LogP contribution in [0.1, 0.15) is 22.8 Å². The number of ketones is 1. The summed E-state index contributed by atoms with van der Waals surface area (Å²) in [6, 6.07) is 7.53. The van der Waals surface area contributed by atoms with Gasteiger partial charge in [0.05, 0.1) is 0 Å². The first-order valence-corrected chi connectivity index (χ1v) is 6.60. The van der Waals surface area contributed by atoms with E-state index in [0.29, 0.717) is 17.7 Å². The Kier molecular flexibility index (Phi) is 3.79. The Morgan fingerprint density at radius 2 is 2.17 bits per heavy atom. The van der Waals surface area contributed by atoms with Gasteiger partial charge in [-0.2, -0.15) is 0 Å². The van der Waals surface area contributed by atoms with Crippen LogP contribution in [-0.2, 0) is 6.42 Å². The highest BCUT2D eigenvalue weighted by Crippen LogP contribution is 2.35. The molecule has 0 aliphatic carbocycles. The SMILES string of the molecule is CC(=O)c1ccsc1-c1cccc(CCO)c1N. The van der Waals surface area contributed by atoms with E-state index in [1.807, 2.05) is 29.6 Å². The smallest absolute Gasteiger partial charge is 0.161 e. The van der Waals surface area contributed by atoms with Gasteiger partial charge >= 0.3 is 0 Å². The lowest BCUT2D eigenvalue weighted by atomic mass is 10.0. The molecule has 0 aliphatic heterocycles. The topological polar surface area (TPSA) is 63.3 Å². The van der Waals surface area contributed by atoms with E-state index in [0.717, 1.165) is 16.0 Å². The Labute approximate surface area is 110 Å². The molecule has 0 radical (unpaired) electrons. The molecule has 3 nitrogen and oxygen atoms in total. The van der Waals surface area contributed by atoms with Crippen LogP contribution in [0.5, 0.6) is 0 Å². The molecule has 3 N–H and O–H groups in total. The summed E-state index contributed by atoms with van der Waals surface area (Å²) < 4.78 is 0. The molecule has 4 heteroatoms. The van der Waals surface area contributed by atoms with E-state index in [1.54, 1.807) is 6.92 Å².